The average Bonchev–Trinajstić information content (AvgIpc) is 3.02. The minimum absolute atomic E-state index is 0.0121. The third-order valence-corrected chi connectivity index (χ3v) is 7.97. The second-order valence-corrected chi connectivity index (χ2v) is 10.8. The summed E-state index contributed by atoms with van der Waals surface area (Å²) in [4.78, 5) is 10.5. The molecule has 0 amide bonds. The molecule has 0 bridgehead atoms. The van der Waals surface area contributed by atoms with E-state index in [1.165, 1.54) is 24.3 Å². The number of non-ortho nitro benzene ring substituents is 1. The summed E-state index contributed by atoms with van der Waals surface area (Å²) in [5.74, 6) is 0. The molecule has 3 heterocycles. The summed E-state index contributed by atoms with van der Waals surface area (Å²) in [6.45, 7) is -2.16. The van der Waals surface area contributed by atoms with E-state index in [2.05, 4.69) is 5.32 Å². The van der Waals surface area contributed by atoms with E-state index < -0.39 is 117 Å². The van der Waals surface area contributed by atoms with Crippen LogP contribution in [-0.4, -0.2) is 158 Å². The summed E-state index contributed by atoms with van der Waals surface area (Å²) in [6, 6.07) is 1.58. The Bertz CT molecular complexity index is 1070. The third kappa shape index (κ3) is 7.34. The Morgan fingerprint density at radius 2 is 1.30 bits per heavy atom. The van der Waals surface area contributed by atoms with Crippen molar-refractivity contribution in [3.8, 4) is 0 Å². The number of nitrogens with one attached hydrogen (secondary N) is 1. The summed E-state index contributed by atoms with van der Waals surface area (Å²) in [5, 5.41) is 96.3. The van der Waals surface area contributed by atoms with Crippen molar-refractivity contribution in [3.63, 3.8) is 0 Å². The van der Waals surface area contributed by atoms with Crippen molar-refractivity contribution in [3.05, 3.63) is 39.9 Å². The van der Waals surface area contributed by atoms with Gasteiger partial charge in [0.15, 0.2) is 18.9 Å². The molecule has 15 atom stereocenters. The zero-order valence-electron chi connectivity index (χ0n) is 23.3. The molecule has 1 aromatic rings. The highest BCUT2D eigenvalue weighted by molar-refractivity contribution is 5.32. The molecular weight excluding hydrogens is 596 g/mol. The molecule has 0 spiro atoms. The first-order valence-electron chi connectivity index (χ1n) is 13.9. The Labute approximate surface area is 250 Å². The number of nitro benzene ring substituents is 1. The van der Waals surface area contributed by atoms with Crippen LogP contribution in [0.3, 0.4) is 0 Å². The molecular formula is C25H40N4O15. The first kappa shape index (κ1) is 34.8. The number of rotatable bonds is 11. The fraction of sp³-hybridized carbons (Fsp3) is 0.760. The number of benzene rings is 1. The maximum Gasteiger partial charge on any atom is 0.269 e. The van der Waals surface area contributed by atoms with Crippen molar-refractivity contribution in [2.45, 2.75) is 98.5 Å². The Hall–Kier alpha value is -2.02. The fourth-order valence-electron chi connectivity index (χ4n) is 5.35. The highest BCUT2D eigenvalue weighted by Gasteiger charge is 2.53. The first-order chi connectivity index (χ1) is 20.9. The minimum atomic E-state index is -1.62. The van der Waals surface area contributed by atoms with E-state index in [9.17, 15) is 51.0 Å². The summed E-state index contributed by atoms with van der Waals surface area (Å²) in [7, 11) is 0. The molecule has 2 unspecified atom stereocenters. The molecule has 250 valence electrons. The molecule has 13 N–H and O–H groups in total. The van der Waals surface area contributed by atoms with Crippen molar-refractivity contribution in [1.82, 2.24) is 5.32 Å². The molecule has 0 saturated carbocycles. The fourth-order valence-corrected chi connectivity index (χ4v) is 5.35. The molecule has 19 nitrogen and oxygen atoms in total. The number of ether oxygens (including phenoxy) is 5. The van der Waals surface area contributed by atoms with E-state index >= 15 is 0 Å². The summed E-state index contributed by atoms with van der Waals surface area (Å²) >= 11 is 0. The van der Waals surface area contributed by atoms with Gasteiger partial charge in [-0.1, -0.05) is 12.1 Å². The van der Waals surface area contributed by atoms with E-state index in [0.717, 1.165) is 0 Å². The SMILES string of the molecule is N[C@H]1[C@H](OC2[C@@H](CO)O[C@@H](OC3[C@@H](CO)O[C@@H](O)[C@H](N)[C@H]3O)[C@H](NCc3ccc([N+](=O)[O-])cc3)[C@H]2O)O[C@H](CO)[C@@H](O)[C@@H]1O. The van der Waals surface area contributed by atoms with Crippen LogP contribution in [0.5, 0.6) is 0 Å². The lowest BCUT2D eigenvalue weighted by atomic mass is 9.94. The van der Waals surface area contributed by atoms with Gasteiger partial charge in [-0.15, -0.1) is 0 Å². The lowest BCUT2D eigenvalue weighted by molar-refractivity contribution is -0.384. The minimum Gasteiger partial charge on any atom is -0.394 e. The van der Waals surface area contributed by atoms with Gasteiger partial charge in [0.2, 0.25) is 0 Å². The van der Waals surface area contributed by atoms with Gasteiger partial charge in [-0.05, 0) is 5.56 Å². The van der Waals surface area contributed by atoms with Gasteiger partial charge in [0, 0.05) is 18.7 Å². The lowest BCUT2D eigenvalue weighted by Gasteiger charge is -2.49. The summed E-state index contributed by atoms with van der Waals surface area (Å²) in [6.07, 6.45) is -17.5. The van der Waals surface area contributed by atoms with Crippen LogP contribution < -0.4 is 16.8 Å². The number of hydrogen-bond acceptors (Lipinski definition) is 18. The Morgan fingerprint density at radius 3 is 1.89 bits per heavy atom. The zero-order chi connectivity index (χ0) is 32.3. The third-order valence-electron chi connectivity index (χ3n) is 7.97. The smallest absolute Gasteiger partial charge is 0.269 e. The lowest BCUT2D eigenvalue weighted by Crippen LogP contribution is -2.69. The van der Waals surface area contributed by atoms with Crippen molar-refractivity contribution >= 4 is 5.69 Å². The van der Waals surface area contributed by atoms with Crippen LogP contribution in [0.4, 0.5) is 5.69 Å². The van der Waals surface area contributed by atoms with Crippen molar-refractivity contribution in [2.75, 3.05) is 19.8 Å². The molecule has 0 radical (unpaired) electrons. The highest BCUT2D eigenvalue weighted by atomic mass is 16.7. The van der Waals surface area contributed by atoms with Gasteiger partial charge < -0.3 is 81.3 Å². The van der Waals surface area contributed by atoms with Gasteiger partial charge in [-0.3, -0.25) is 10.1 Å². The molecule has 4 rings (SSSR count). The van der Waals surface area contributed by atoms with Crippen LogP contribution >= 0.6 is 0 Å². The van der Waals surface area contributed by atoms with Gasteiger partial charge in [0.05, 0.1) is 42.9 Å². The molecule has 3 fully saturated rings. The number of nitrogens with two attached hydrogens (primary N) is 2. The van der Waals surface area contributed by atoms with Crippen LogP contribution in [0.25, 0.3) is 0 Å². The Kier molecular flexibility index (Phi) is 11.9. The van der Waals surface area contributed by atoms with Crippen LogP contribution in [0.1, 0.15) is 5.56 Å². The van der Waals surface area contributed by atoms with E-state index in [4.69, 9.17) is 35.2 Å². The monoisotopic (exact) mass is 636 g/mol. The molecule has 3 aliphatic rings. The number of aliphatic hydroxyl groups is 8. The van der Waals surface area contributed by atoms with Gasteiger partial charge in [-0.25, -0.2) is 0 Å². The second kappa shape index (κ2) is 15.0. The topological polar surface area (TPSA) is 315 Å². The van der Waals surface area contributed by atoms with E-state index in [0.29, 0.717) is 5.56 Å². The molecule has 19 heteroatoms. The molecule has 0 aromatic heterocycles. The van der Waals surface area contributed by atoms with Crippen molar-refractivity contribution < 1.29 is 69.5 Å². The van der Waals surface area contributed by atoms with E-state index in [1.807, 2.05) is 0 Å². The van der Waals surface area contributed by atoms with Crippen molar-refractivity contribution in [2.24, 2.45) is 11.5 Å². The molecule has 0 aliphatic carbocycles. The average molecular weight is 637 g/mol. The number of hydrogen-bond donors (Lipinski definition) is 11. The largest absolute Gasteiger partial charge is 0.394 e. The standard InChI is InChI=1S/C25H40N4O15/c26-14-19(35)21(12(7-31)40-23(14)37)44-25-16(28-5-9-1-3-10(4-2-9)29(38)39)20(36)22(13(8-32)42-25)43-24-15(27)18(34)17(33)11(6-30)41-24/h1-4,11-25,28,30-37H,5-8,26-27H2/t11-,12-,13-,14-,15-,16-,17-,18-,19-,20-,21?,22?,23-,24+,25+/m1/s1. The maximum atomic E-state index is 11.6. The second-order valence-electron chi connectivity index (χ2n) is 10.8. The van der Waals surface area contributed by atoms with Gasteiger partial charge in [0.1, 0.15) is 54.9 Å². The highest BCUT2D eigenvalue weighted by Crippen LogP contribution is 2.32. The van der Waals surface area contributed by atoms with Crippen molar-refractivity contribution in [1.29, 1.82) is 0 Å². The maximum absolute atomic E-state index is 11.6. The van der Waals surface area contributed by atoms with E-state index in [1.54, 1.807) is 0 Å². The predicted octanol–water partition coefficient (Wildman–Crippen LogP) is -5.93. The van der Waals surface area contributed by atoms with Gasteiger partial charge >= 0.3 is 0 Å². The van der Waals surface area contributed by atoms with Gasteiger partial charge in [-0.2, -0.15) is 0 Å². The summed E-state index contributed by atoms with van der Waals surface area (Å²) in [5.41, 5.74) is 12.2. The molecule has 1 aromatic carbocycles. The first-order valence-corrected chi connectivity index (χ1v) is 13.9. The van der Waals surface area contributed by atoms with Crippen LogP contribution in [0.2, 0.25) is 0 Å². The van der Waals surface area contributed by atoms with E-state index in [-0.39, 0.29) is 12.2 Å². The van der Waals surface area contributed by atoms with Crippen LogP contribution in [0, 0.1) is 10.1 Å². The number of nitrogens with zero attached hydrogens (tertiary/aromatic N) is 1. The van der Waals surface area contributed by atoms with Gasteiger partial charge in [0.25, 0.3) is 5.69 Å². The number of nitro groups is 1. The van der Waals surface area contributed by atoms with Crippen LogP contribution in [-0.2, 0) is 30.2 Å². The Balaban J connectivity index is 1.59. The normalized spacial score (nSPS) is 43.1. The zero-order valence-corrected chi connectivity index (χ0v) is 23.3. The predicted molar refractivity (Wildman–Crippen MR) is 143 cm³/mol. The molecule has 3 saturated heterocycles. The van der Waals surface area contributed by atoms with Crippen LogP contribution in [0.15, 0.2) is 24.3 Å². The summed E-state index contributed by atoms with van der Waals surface area (Å²) < 4.78 is 28.5. The molecule has 3 aliphatic heterocycles. The number of aliphatic hydroxyl groups excluding tert-OH is 8. The quantitative estimate of drug-likeness (QED) is 0.0795. The molecule has 44 heavy (non-hydrogen) atoms. The Morgan fingerprint density at radius 1 is 0.750 bits per heavy atom.